The van der Waals surface area contributed by atoms with Gasteiger partial charge in [-0.1, -0.05) is 23.7 Å². The minimum atomic E-state index is -0.414. The molecule has 1 atom stereocenters. The molecule has 20 heavy (non-hydrogen) atoms. The normalized spacial score (nSPS) is 24.1. The summed E-state index contributed by atoms with van der Waals surface area (Å²) in [6, 6.07) is 7.53. The second-order valence-corrected chi connectivity index (χ2v) is 5.88. The summed E-state index contributed by atoms with van der Waals surface area (Å²) in [7, 11) is 5.28. The van der Waals surface area contributed by atoms with Crippen molar-refractivity contribution >= 4 is 31.2 Å². The Morgan fingerprint density at radius 2 is 1.90 bits per heavy atom. The van der Waals surface area contributed by atoms with Crippen LogP contribution in [0.15, 0.2) is 24.3 Å². The molecule has 6 heteroatoms. The number of piperidine rings is 1. The first kappa shape index (κ1) is 13.5. The predicted molar refractivity (Wildman–Crippen MR) is 76.7 cm³/mol. The molecule has 2 radical (unpaired) electrons. The van der Waals surface area contributed by atoms with E-state index >= 15 is 0 Å². The van der Waals surface area contributed by atoms with Crippen LogP contribution in [-0.2, 0) is 4.79 Å². The van der Waals surface area contributed by atoms with Crippen molar-refractivity contribution in [2.75, 3.05) is 13.1 Å². The van der Waals surface area contributed by atoms with Crippen LogP contribution in [-0.4, -0.2) is 37.5 Å². The molecular formula is C14H14BClN2O2. The smallest absolute Gasteiger partial charge is 0.229 e. The minimum Gasteiger partial charge on any atom is -0.352 e. The summed E-state index contributed by atoms with van der Waals surface area (Å²) in [4.78, 5) is 24.8. The molecule has 2 aliphatic heterocycles. The van der Waals surface area contributed by atoms with Gasteiger partial charge in [-0.3, -0.25) is 9.59 Å². The van der Waals surface area contributed by atoms with E-state index in [2.05, 4.69) is 5.32 Å². The fourth-order valence-corrected chi connectivity index (χ4v) is 3.29. The van der Waals surface area contributed by atoms with Crippen LogP contribution in [0.25, 0.3) is 0 Å². The third-order valence-corrected chi connectivity index (χ3v) is 4.70. The number of amides is 2. The molecular weight excluding hydrogens is 274 g/mol. The van der Waals surface area contributed by atoms with E-state index in [-0.39, 0.29) is 11.9 Å². The number of β-lactam (4-membered cyclic amide) rings is 1. The van der Waals surface area contributed by atoms with Crippen LogP contribution in [0.4, 0.5) is 4.79 Å². The Bertz CT molecular complexity index is 553. The number of carbonyl (C=O) groups is 2. The van der Waals surface area contributed by atoms with Gasteiger partial charge in [0.2, 0.25) is 13.8 Å². The molecule has 0 bridgehead atoms. The predicted octanol–water partition coefficient (Wildman–Crippen LogP) is 1.88. The Hall–Kier alpha value is -1.49. The quantitative estimate of drug-likeness (QED) is 0.634. The van der Waals surface area contributed by atoms with E-state index in [4.69, 9.17) is 19.4 Å². The Labute approximate surface area is 123 Å². The first-order valence-electron chi connectivity index (χ1n) is 6.64. The molecule has 1 aromatic rings. The molecule has 1 unspecified atom stereocenters. The van der Waals surface area contributed by atoms with Gasteiger partial charge in [-0.25, -0.2) is 0 Å². The molecule has 1 aromatic carbocycles. The molecule has 0 aliphatic carbocycles. The van der Waals surface area contributed by atoms with Crippen LogP contribution < -0.4 is 5.32 Å². The van der Waals surface area contributed by atoms with Crippen molar-refractivity contribution in [1.82, 2.24) is 10.2 Å². The number of carbonyl (C=O) groups excluding carboxylic acids is 2. The zero-order valence-corrected chi connectivity index (χ0v) is 11.7. The SMILES string of the molecule is [B]C(=O)N1CCC2(CC1)C(=O)NC2c1ccc(Cl)cc1. The topological polar surface area (TPSA) is 49.4 Å². The molecule has 1 N–H and O–H groups in total. The van der Waals surface area contributed by atoms with E-state index in [0.29, 0.717) is 31.0 Å². The standard InChI is InChI=1S/C14H14BClN2O2/c15-13(20)18-7-5-14(6-8-18)11(17-12(14)19)9-1-3-10(16)4-2-9/h1-4,11H,5-8H2,(H,17,19). The molecule has 2 fully saturated rings. The zero-order chi connectivity index (χ0) is 14.3. The summed E-state index contributed by atoms with van der Waals surface area (Å²) in [5, 5.41) is 3.64. The summed E-state index contributed by atoms with van der Waals surface area (Å²) in [6.07, 6.45) is 1.30. The number of rotatable bonds is 1. The van der Waals surface area contributed by atoms with Crippen molar-refractivity contribution in [2.45, 2.75) is 18.9 Å². The lowest BCUT2D eigenvalue weighted by Crippen LogP contribution is -2.64. The first-order chi connectivity index (χ1) is 9.53. The van der Waals surface area contributed by atoms with Crippen LogP contribution in [0.3, 0.4) is 0 Å². The summed E-state index contributed by atoms with van der Waals surface area (Å²) < 4.78 is 0. The average Bonchev–Trinajstić information content (AvgIpc) is 2.46. The summed E-state index contributed by atoms with van der Waals surface area (Å²) >= 11 is 5.89. The first-order valence-corrected chi connectivity index (χ1v) is 7.01. The Morgan fingerprint density at radius 1 is 1.30 bits per heavy atom. The third-order valence-electron chi connectivity index (χ3n) is 4.45. The number of hydrogen-bond acceptors (Lipinski definition) is 2. The molecule has 2 aliphatic rings. The van der Waals surface area contributed by atoms with Crippen molar-refractivity contribution in [3.05, 3.63) is 34.9 Å². The fraction of sp³-hybridized carbons (Fsp3) is 0.429. The molecule has 2 saturated heterocycles. The van der Waals surface area contributed by atoms with Gasteiger partial charge in [0.05, 0.1) is 11.5 Å². The largest absolute Gasteiger partial charge is 0.352 e. The maximum atomic E-state index is 12.1. The lowest BCUT2D eigenvalue weighted by molar-refractivity contribution is -0.150. The van der Waals surface area contributed by atoms with Crippen LogP contribution in [0.2, 0.25) is 5.02 Å². The molecule has 2 heterocycles. The molecule has 0 saturated carbocycles. The number of benzene rings is 1. The van der Waals surface area contributed by atoms with Crippen molar-refractivity contribution < 1.29 is 9.59 Å². The summed E-state index contributed by atoms with van der Waals surface area (Å²) in [5.41, 5.74) is 0.654. The van der Waals surface area contributed by atoms with E-state index in [9.17, 15) is 9.59 Å². The van der Waals surface area contributed by atoms with E-state index < -0.39 is 11.2 Å². The van der Waals surface area contributed by atoms with Gasteiger partial charge in [0, 0.05) is 18.1 Å². The monoisotopic (exact) mass is 288 g/mol. The molecule has 2 amide bonds. The number of halogens is 1. The van der Waals surface area contributed by atoms with Crippen molar-refractivity contribution in [3.63, 3.8) is 0 Å². The maximum Gasteiger partial charge on any atom is 0.229 e. The van der Waals surface area contributed by atoms with Crippen LogP contribution >= 0.6 is 11.6 Å². The van der Waals surface area contributed by atoms with Gasteiger partial charge < -0.3 is 10.2 Å². The van der Waals surface area contributed by atoms with Gasteiger partial charge in [-0.15, -0.1) is 0 Å². The number of nitrogens with zero attached hydrogens (tertiary/aromatic N) is 1. The van der Waals surface area contributed by atoms with Crippen molar-refractivity contribution in [1.29, 1.82) is 0 Å². The number of hydrogen-bond donors (Lipinski definition) is 1. The highest BCUT2D eigenvalue weighted by atomic mass is 35.5. The molecule has 4 nitrogen and oxygen atoms in total. The number of likely N-dealkylation sites (tertiary alicyclic amines) is 1. The van der Waals surface area contributed by atoms with E-state index in [1.165, 1.54) is 0 Å². The lowest BCUT2D eigenvalue weighted by atomic mass is 9.64. The highest BCUT2D eigenvalue weighted by Crippen LogP contribution is 2.49. The second kappa shape index (κ2) is 4.81. The fourth-order valence-electron chi connectivity index (χ4n) is 3.17. The summed E-state index contributed by atoms with van der Waals surface area (Å²) in [6.45, 7) is 1.07. The minimum absolute atomic E-state index is 0.00212. The Kier molecular flexibility index (Phi) is 3.25. The van der Waals surface area contributed by atoms with Gasteiger partial charge in [0.25, 0.3) is 0 Å². The average molecular weight is 289 g/mol. The van der Waals surface area contributed by atoms with Crippen LogP contribution in [0.5, 0.6) is 0 Å². The van der Waals surface area contributed by atoms with Crippen molar-refractivity contribution in [3.8, 4) is 0 Å². The van der Waals surface area contributed by atoms with Gasteiger partial charge in [0.15, 0.2) is 5.81 Å². The van der Waals surface area contributed by atoms with E-state index in [1.54, 1.807) is 4.90 Å². The van der Waals surface area contributed by atoms with Gasteiger partial charge in [0.1, 0.15) is 0 Å². The lowest BCUT2D eigenvalue weighted by Gasteiger charge is -2.52. The number of nitrogens with one attached hydrogen (secondary N) is 1. The molecule has 1 spiro atoms. The molecule has 3 rings (SSSR count). The summed E-state index contributed by atoms with van der Waals surface area (Å²) in [5.74, 6) is -0.343. The Balaban J connectivity index is 1.80. The van der Waals surface area contributed by atoms with Crippen molar-refractivity contribution in [2.24, 2.45) is 5.41 Å². The van der Waals surface area contributed by atoms with Crippen LogP contribution in [0, 0.1) is 5.41 Å². The van der Waals surface area contributed by atoms with Gasteiger partial charge in [-0.05, 0) is 30.5 Å². The third kappa shape index (κ3) is 2.01. The zero-order valence-electron chi connectivity index (χ0n) is 10.9. The molecule has 102 valence electrons. The second-order valence-electron chi connectivity index (χ2n) is 5.44. The van der Waals surface area contributed by atoms with Gasteiger partial charge >= 0.3 is 0 Å². The van der Waals surface area contributed by atoms with E-state index in [1.807, 2.05) is 24.3 Å². The maximum absolute atomic E-state index is 12.1. The Morgan fingerprint density at radius 3 is 2.40 bits per heavy atom. The van der Waals surface area contributed by atoms with E-state index in [0.717, 1.165) is 5.56 Å². The highest BCUT2D eigenvalue weighted by Gasteiger charge is 2.56. The highest BCUT2D eigenvalue weighted by molar-refractivity contribution is 6.56. The van der Waals surface area contributed by atoms with Gasteiger partial charge in [-0.2, -0.15) is 0 Å². The molecule has 0 aromatic heterocycles. The van der Waals surface area contributed by atoms with Crippen LogP contribution in [0.1, 0.15) is 24.4 Å².